The zero-order valence-electron chi connectivity index (χ0n) is 12.1. The molecule has 2 rings (SSSR count). The number of aromatic nitrogens is 1. The summed E-state index contributed by atoms with van der Waals surface area (Å²) >= 11 is 1.76. The molecule has 1 atom stereocenters. The largest absolute Gasteiger partial charge is 0.469 e. The van der Waals surface area contributed by atoms with E-state index in [-0.39, 0.29) is 17.4 Å². The average Bonchev–Trinajstić information content (AvgIpc) is 3.24. The first-order valence-corrected chi connectivity index (χ1v) is 7.98. The van der Waals surface area contributed by atoms with Crippen LogP contribution in [-0.4, -0.2) is 23.8 Å². The molecule has 2 N–H and O–H groups in total. The highest BCUT2D eigenvalue weighted by atomic mass is 32.2. The Balaban J connectivity index is 1.86. The second-order valence-electron chi connectivity index (χ2n) is 5.48. The van der Waals surface area contributed by atoms with Crippen LogP contribution in [0.2, 0.25) is 0 Å². The molecule has 1 aliphatic rings. The average molecular weight is 294 g/mol. The minimum absolute atomic E-state index is 0.0168. The van der Waals surface area contributed by atoms with Crippen molar-refractivity contribution in [3.8, 4) is 0 Å². The maximum absolute atomic E-state index is 11.4. The molecule has 1 aromatic rings. The molecule has 1 aromatic heterocycles. The van der Waals surface area contributed by atoms with Gasteiger partial charge < -0.3 is 10.5 Å². The summed E-state index contributed by atoms with van der Waals surface area (Å²) in [5.41, 5.74) is 7.03. The number of hydrogen-bond acceptors (Lipinski definition) is 5. The van der Waals surface area contributed by atoms with E-state index in [0.29, 0.717) is 6.42 Å². The Bertz CT molecular complexity index is 457. The van der Waals surface area contributed by atoms with Crippen LogP contribution < -0.4 is 5.73 Å². The van der Waals surface area contributed by atoms with Gasteiger partial charge in [0.2, 0.25) is 0 Å². The van der Waals surface area contributed by atoms with E-state index in [0.717, 1.165) is 35.6 Å². The van der Waals surface area contributed by atoms with E-state index < -0.39 is 0 Å². The zero-order chi connectivity index (χ0) is 14.6. The van der Waals surface area contributed by atoms with Crippen LogP contribution in [0.5, 0.6) is 0 Å². The van der Waals surface area contributed by atoms with Gasteiger partial charge in [0.25, 0.3) is 0 Å². The number of thioether (sulfide) groups is 1. The van der Waals surface area contributed by atoms with Crippen molar-refractivity contribution in [2.75, 3.05) is 12.9 Å². The van der Waals surface area contributed by atoms with Crippen LogP contribution in [0.3, 0.4) is 0 Å². The van der Waals surface area contributed by atoms with Crippen molar-refractivity contribution in [3.05, 3.63) is 24.0 Å². The van der Waals surface area contributed by atoms with Gasteiger partial charge in [0, 0.05) is 22.9 Å². The van der Waals surface area contributed by atoms with Gasteiger partial charge in [-0.25, -0.2) is 0 Å². The molecule has 0 aliphatic heterocycles. The van der Waals surface area contributed by atoms with Gasteiger partial charge in [0.15, 0.2) is 0 Å². The summed E-state index contributed by atoms with van der Waals surface area (Å²) in [5, 5.41) is 0. The van der Waals surface area contributed by atoms with E-state index in [4.69, 9.17) is 10.5 Å². The monoisotopic (exact) mass is 294 g/mol. The summed E-state index contributed by atoms with van der Waals surface area (Å²) < 4.78 is 4.76. The molecule has 110 valence electrons. The fourth-order valence-corrected chi connectivity index (χ4v) is 3.22. The smallest absolute Gasteiger partial charge is 0.306 e. The lowest BCUT2D eigenvalue weighted by Crippen LogP contribution is -2.13. The van der Waals surface area contributed by atoms with Crippen LogP contribution in [0.15, 0.2) is 23.2 Å². The van der Waals surface area contributed by atoms with Gasteiger partial charge in [0.1, 0.15) is 0 Å². The maximum Gasteiger partial charge on any atom is 0.306 e. The highest BCUT2D eigenvalue weighted by Crippen LogP contribution is 2.52. The number of hydrogen-bond donors (Lipinski definition) is 1. The van der Waals surface area contributed by atoms with Gasteiger partial charge in [-0.15, -0.1) is 11.8 Å². The number of pyridine rings is 1. The van der Waals surface area contributed by atoms with E-state index in [1.54, 1.807) is 11.8 Å². The van der Waals surface area contributed by atoms with Gasteiger partial charge in [-0.2, -0.15) is 0 Å². The fourth-order valence-electron chi connectivity index (χ4n) is 2.07. The van der Waals surface area contributed by atoms with Crippen molar-refractivity contribution in [1.82, 2.24) is 4.98 Å². The number of nitrogens with zero attached hydrogens (tertiary/aromatic N) is 1. The number of rotatable bonds is 7. The molecule has 0 amide bonds. The lowest BCUT2D eigenvalue weighted by atomic mass is 10.1. The van der Waals surface area contributed by atoms with Gasteiger partial charge in [-0.3, -0.25) is 9.78 Å². The molecule has 1 heterocycles. The Morgan fingerprint density at radius 1 is 1.55 bits per heavy atom. The molecule has 0 bridgehead atoms. The van der Waals surface area contributed by atoms with Crippen LogP contribution in [0.25, 0.3) is 0 Å². The number of carbonyl (C=O) groups is 1. The maximum atomic E-state index is 11.4. The van der Waals surface area contributed by atoms with Crippen molar-refractivity contribution >= 4 is 17.7 Å². The van der Waals surface area contributed by atoms with E-state index in [1.165, 1.54) is 7.11 Å². The number of ether oxygens (including phenoxy) is 1. The van der Waals surface area contributed by atoms with Gasteiger partial charge in [-0.1, -0.05) is 6.92 Å². The lowest BCUT2D eigenvalue weighted by molar-refractivity contribution is -0.141. The molecule has 20 heavy (non-hydrogen) atoms. The Kier molecular flexibility index (Phi) is 5.05. The number of esters is 1. The lowest BCUT2D eigenvalue weighted by Gasteiger charge is -2.13. The second kappa shape index (κ2) is 6.59. The third-order valence-corrected chi connectivity index (χ3v) is 5.16. The number of nitrogens with two attached hydrogens (primary N) is 1. The van der Waals surface area contributed by atoms with E-state index in [1.807, 2.05) is 12.3 Å². The predicted molar refractivity (Wildman–Crippen MR) is 80.5 cm³/mol. The van der Waals surface area contributed by atoms with Crippen molar-refractivity contribution in [3.63, 3.8) is 0 Å². The molecule has 0 aromatic carbocycles. The normalized spacial score (nSPS) is 17.6. The quantitative estimate of drug-likeness (QED) is 0.618. The number of methoxy groups -OCH3 is 1. The summed E-state index contributed by atoms with van der Waals surface area (Å²) in [7, 11) is 1.45. The first kappa shape index (κ1) is 15.3. The van der Waals surface area contributed by atoms with Crippen LogP contribution >= 0.6 is 11.8 Å². The molecule has 0 radical (unpaired) electrons. The summed E-state index contributed by atoms with van der Waals surface area (Å²) in [4.78, 5) is 16.9. The fraction of sp³-hybridized carbons (Fsp3) is 0.600. The van der Waals surface area contributed by atoms with Gasteiger partial charge >= 0.3 is 5.97 Å². The molecule has 1 aliphatic carbocycles. The van der Waals surface area contributed by atoms with Crippen molar-refractivity contribution in [2.45, 2.75) is 43.5 Å². The Labute approximate surface area is 124 Å². The molecule has 0 spiro atoms. The Morgan fingerprint density at radius 2 is 2.30 bits per heavy atom. The van der Waals surface area contributed by atoms with Crippen molar-refractivity contribution in [1.29, 1.82) is 0 Å². The van der Waals surface area contributed by atoms with Gasteiger partial charge in [0.05, 0.1) is 19.2 Å². The molecule has 4 nitrogen and oxygen atoms in total. The summed E-state index contributed by atoms with van der Waals surface area (Å²) in [6, 6.07) is 4.08. The number of carbonyl (C=O) groups excluding carboxylic acids is 1. The Hall–Kier alpha value is -1.07. The van der Waals surface area contributed by atoms with E-state index >= 15 is 0 Å². The topological polar surface area (TPSA) is 65.2 Å². The standard InChI is InChI=1S/C15H22N2O2S/c1-3-12(16)13-5-4-11(9-17-13)20-10-15(6-7-15)8-14(18)19-2/h4-5,9,12H,3,6-8,10,16H2,1-2H3/t12-/m1/s1. The SMILES string of the molecule is CC[C@@H](N)c1ccc(SCC2(CC(=O)OC)CC2)cn1. The van der Waals surface area contributed by atoms with Crippen LogP contribution in [0, 0.1) is 5.41 Å². The van der Waals surface area contributed by atoms with Crippen LogP contribution in [0.1, 0.15) is 44.3 Å². The highest BCUT2D eigenvalue weighted by Gasteiger charge is 2.44. The third kappa shape index (κ3) is 3.96. The molecular formula is C15H22N2O2S. The second-order valence-corrected chi connectivity index (χ2v) is 6.52. The molecule has 0 saturated heterocycles. The van der Waals surface area contributed by atoms with Crippen molar-refractivity contribution in [2.24, 2.45) is 11.1 Å². The van der Waals surface area contributed by atoms with Crippen LogP contribution in [-0.2, 0) is 9.53 Å². The van der Waals surface area contributed by atoms with E-state index in [2.05, 4.69) is 18.0 Å². The summed E-state index contributed by atoms with van der Waals surface area (Å²) in [6.45, 7) is 2.05. The Morgan fingerprint density at radius 3 is 2.80 bits per heavy atom. The molecule has 1 fully saturated rings. The third-order valence-electron chi connectivity index (χ3n) is 3.83. The first-order chi connectivity index (χ1) is 9.58. The molecule has 1 saturated carbocycles. The first-order valence-electron chi connectivity index (χ1n) is 7.00. The van der Waals surface area contributed by atoms with E-state index in [9.17, 15) is 4.79 Å². The highest BCUT2D eigenvalue weighted by molar-refractivity contribution is 7.99. The zero-order valence-corrected chi connectivity index (χ0v) is 12.9. The minimum Gasteiger partial charge on any atom is -0.469 e. The van der Waals surface area contributed by atoms with Crippen LogP contribution in [0.4, 0.5) is 0 Å². The van der Waals surface area contributed by atoms with Crippen molar-refractivity contribution < 1.29 is 9.53 Å². The molecule has 0 unspecified atom stereocenters. The van der Waals surface area contributed by atoms with Gasteiger partial charge in [-0.05, 0) is 36.8 Å². The molecular weight excluding hydrogens is 272 g/mol. The molecule has 5 heteroatoms. The minimum atomic E-state index is -0.106. The summed E-state index contributed by atoms with van der Waals surface area (Å²) in [6.07, 6.45) is 5.52. The predicted octanol–water partition coefficient (Wildman–Crippen LogP) is 2.93. The summed E-state index contributed by atoms with van der Waals surface area (Å²) in [5.74, 6) is 0.841.